The van der Waals surface area contributed by atoms with Crippen molar-refractivity contribution in [2.75, 3.05) is 6.54 Å². The Morgan fingerprint density at radius 3 is 3.00 bits per heavy atom. The molecule has 1 atom stereocenters. The number of rotatable bonds is 2. The fourth-order valence-corrected chi connectivity index (χ4v) is 1.37. The van der Waals surface area contributed by atoms with E-state index in [0.717, 1.165) is 13.0 Å². The number of nitrogens with one attached hydrogen (secondary N) is 1. The Morgan fingerprint density at radius 2 is 2.50 bits per heavy atom. The first-order valence-electron chi connectivity index (χ1n) is 4.10. The molecule has 1 N–H and O–H groups in total. The fourth-order valence-electron chi connectivity index (χ4n) is 1.37. The largest absolute Gasteiger partial charge is 0.307 e. The third-order valence-electron chi connectivity index (χ3n) is 2.05. The highest BCUT2D eigenvalue weighted by Gasteiger charge is 2.17. The second-order valence-corrected chi connectivity index (χ2v) is 2.82. The van der Waals surface area contributed by atoms with Gasteiger partial charge in [0.25, 0.3) is 0 Å². The zero-order chi connectivity index (χ0) is 7.40. The van der Waals surface area contributed by atoms with Crippen molar-refractivity contribution < 1.29 is 6.22 Å². The Bertz CT molecular complexity index is 121. The topological polar surface area (TPSA) is 29.1 Å². The second kappa shape index (κ2) is 3.71. The van der Waals surface area contributed by atoms with Crippen molar-refractivity contribution in [3.8, 4) is 0 Å². The molecule has 1 rings (SSSR count). The van der Waals surface area contributed by atoms with Gasteiger partial charge >= 0.3 is 0 Å². The molecule has 0 spiro atoms. The van der Waals surface area contributed by atoms with E-state index in [2.05, 4.69) is 5.32 Å². The molecule has 2 nitrogen and oxygen atoms in total. The van der Waals surface area contributed by atoms with E-state index in [-0.39, 0.29) is 7.47 Å². The first kappa shape index (κ1) is 7.73. The number of carbonyl (C=O) groups is 1. The van der Waals surface area contributed by atoms with Crippen LogP contribution in [0, 0.1) is 0 Å². The molecule has 0 bridgehead atoms. The van der Waals surface area contributed by atoms with E-state index in [1.165, 1.54) is 12.8 Å². The molecule has 0 saturated carbocycles. The maximum atomic E-state index is 11.1. The summed E-state index contributed by atoms with van der Waals surface area (Å²) in [4.78, 5) is 11.1. The van der Waals surface area contributed by atoms with Crippen molar-refractivity contribution in [1.29, 1.82) is 0 Å². The molecule has 1 fully saturated rings. The third-order valence-corrected chi connectivity index (χ3v) is 2.05. The van der Waals surface area contributed by atoms with Crippen molar-refractivity contribution in [3.63, 3.8) is 0 Å². The van der Waals surface area contributed by atoms with Gasteiger partial charge in [0, 0.05) is 7.85 Å². The molecule has 1 aliphatic rings. The predicted molar refractivity (Wildman–Crippen MR) is 43.1 cm³/mol. The molecule has 2 heteroatoms. The van der Waals surface area contributed by atoms with Gasteiger partial charge in [-0.25, -0.2) is 0 Å². The van der Waals surface area contributed by atoms with E-state index in [1.807, 2.05) is 6.92 Å². The van der Waals surface area contributed by atoms with Gasteiger partial charge < -0.3 is 5.32 Å². The van der Waals surface area contributed by atoms with Gasteiger partial charge in [0.15, 0.2) is 0 Å². The Morgan fingerprint density at radius 1 is 1.70 bits per heavy atom. The summed E-state index contributed by atoms with van der Waals surface area (Å²) < 4.78 is 0. The maximum Gasteiger partial charge on any atom is 0.149 e. The van der Waals surface area contributed by atoms with Gasteiger partial charge in [-0.2, -0.15) is 0 Å². The van der Waals surface area contributed by atoms with Gasteiger partial charge in [-0.3, -0.25) is 4.79 Å². The highest BCUT2D eigenvalue weighted by molar-refractivity contribution is 5.83. The van der Waals surface area contributed by atoms with Gasteiger partial charge in [-0.15, -0.1) is 0 Å². The molecule has 1 saturated heterocycles. The Kier molecular flexibility index (Phi) is 2.87. The summed E-state index contributed by atoms with van der Waals surface area (Å²) in [6, 6.07) is 0.179. The molecule has 1 heterocycles. The summed E-state index contributed by atoms with van der Waals surface area (Å²) in [5.41, 5.74) is 0. The van der Waals surface area contributed by atoms with Crippen LogP contribution >= 0.6 is 0 Å². The van der Waals surface area contributed by atoms with Gasteiger partial charge in [-0.1, -0.05) is 13.3 Å². The normalized spacial score (nSPS) is 26.3. The number of hydrogen-bond acceptors (Lipinski definition) is 2. The lowest BCUT2D eigenvalue weighted by Gasteiger charge is -2.21. The van der Waals surface area contributed by atoms with Gasteiger partial charge in [0.05, 0.1) is 6.04 Å². The number of hydrogen-bond donors (Lipinski definition) is 1. The summed E-state index contributed by atoms with van der Waals surface area (Å²) in [5, 5.41) is 3.22. The Labute approximate surface area is 63.5 Å². The number of carbonyl (C=O) groups excluding carboxylic acids is 1. The minimum atomic E-state index is 0. The van der Waals surface area contributed by atoms with Gasteiger partial charge in [0.1, 0.15) is 5.78 Å². The van der Waals surface area contributed by atoms with Crippen LogP contribution in [0.5, 0.6) is 0 Å². The number of ketones is 1. The van der Waals surface area contributed by atoms with Crippen LogP contribution in [-0.2, 0) is 4.79 Å². The van der Waals surface area contributed by atoms with Crippen molar-refractivity contribution in [2.45, 2.75) is 38.6 Å². The first-order chi connectivity index (χ1) is 4.84. The predicted octanol–water partition coefficient (Wildman–Crippen LogP) is 1.35. The minimum Gasteiger partial charge on any atom is -0.307 e. The lowest BCUT2D eigenvalue weighted by molar-refractivity contribution is -0.121. The Balaban J connectivity index is 0.000001000. The molecular weight excluding hydrogens is 126 g/mol. The van der Waals surface area contributed by atoms with E-state index in [1.54, 1.807) is 0 Å². The molecular formula is C8H17NO. The maximum absolute atomic E-state index is 11.1. The van der Waals surface area contributed by atoms with Crippen LogP contribution in [-0.4, -0.2) is 18.4 Å². The standard InChI is InChI=1S/C8H15NO.H2/c1-2-8(10)7-5-3-4-6-9-7;/h7,9H,2-6H2,1H3;1H. The number of piperidine rings is 1. The lowest BCUT2D eigenvalue weighted by atomic mass is 10.00. The van der Waals surface area contributed by atoms with Gasteiger partial charge in [-0.05, 0) is 19.4 Å². The average Bonchev–Trinajstić information content (AvgIpc) is 2.05. The highest BCUT2D eigenvalue weighted by Crippen LogP contribution is 2.08. The van der Waals surface area contributed by atoms with E-state index >= 15 is 0 Å². The fraction of sp³-hybridized carbons (Fsp3) is 0.875. The average molecular weight is 143 g/mol. The molecule has 0 radical (unpaired) electrons. The lowest BCUT2D eigenvalue weighted by Crippen LogP contribution is -2.39. The molecule has 1 unspecified atom stereocenters. The molecule has 0 aromatic heterocycles. The highest BCUT2D eigenvalue weighted by atomic mass is 16.1. The van der Waals surface area contributed by atoms with Crippen LogP contribution in [0.4, 0.5) is 0 Å². The second-order valence-electron chi connectivity index (χ2n) is 2.82. The first-order valence-corrected chi connectivity index (χ1v) is 4.10. The van der Waals surface area contributed by atoms with Crippen LogP contribution in [0.25, 0.3) is 0 Å². The monoisotopic (exact) mass is 143 g/mol. The molecule has 60 valence electrons. The van der Waals surface area contributed by atoms with Crippen LogP contribution in [0.2, 0.25) is 0 Å². The molecule has 0 aromatic carbocycles. The molecule has 0 aromatic rings. The molecule has 1 aliphatic heterocycles. The summed E-state index contributed by atoms with van der Waals surface area (Å²) in [6.07, 6.45) is 4.17. The number of Topliss-reactive ketones (excluding diaryl/α,β-unsaturated/α-hetero) is 1. The van der Waals surface area contributed by atoms with Crippen LogP contribution in [0.3, 0.4) is 0 Å². The quantitative estimate of drug-likeness (QED) is 0.632. The smallest absolute Gasteiger partial charge is 0.149 e. The summed E-state index contributed by atoms with van der Waals surface area (Å²) in [6.45, 7) is 2.95. The SMILES string of the molecule is CCC(=O)C1CCCCN1.[HH]. The van der Waals surface area contributed by atoms with E-state index in [0.29, 0.717) is 12.2 Å². The Hall–Kier alpha value is -0.370. The van der Waals surface area contributed by atoms with E-state index in [9.17, 15) is 4.79 Å². The summed E-state index contributed by atoms with van der Waals surface area (Å²) in [7, 11) is 0. The minimum absolute atomic E-state index is 0. The molecule has 10 heavy (non-hydrogen) atoms. The van der Waals surface area contributed by atoms with Crippen molar-refractivity contribution in [2.24, 2.45) is 0 Å². The zero-order valence-corrected chi connectivity index (χ0v) is 6.52. The van der Waals surface area contributed by atoms with Crippen molar-refractivity contribution in [3.05, 3.63) is 0 Å². The van der Waals surface area contributed by atoms with E-state index < -0.39 is 0 Å². The summed E-state index contributed by atoms with van der Waals surface area (Å²) in [5.74, 6) is 0.375. The van der Waals surface area contributed by atoms with Gasteiger partial charge in [0.2, 0.25) is 0 Å². The van der Waals surface area contributed by atoms with Crippen molar-refractivity contribution >= 4 is 5.78 Å². The zero-order valence-electron chi connectivity index (χ0n) is 6.52. The molecule has 0 amide bonds. The van der Waals surface area contributed by atoms with E-state index in [4.69, 9.17) is 0 Å². The summed E-state index contributed by atoms with van der Waals surface area (Å²) >= 11 is 0. The molecule has 0 aliphatic carbocycles. The third kappa shape index (κ3) is 1.81. The van der Waals surface area contributed by atoms with Crippen LogP contribution < -0.4 is 5.32 Å². The van der Waals surface area contributed by atoms with Crippen LogP contribution in [0.1, 0.15) is 34.0 Å². The van der Waals surface area contributed by atoms with Crippen molar-refractivity contribution in [1.82, 2.24) is 5.32 Å². The van der Waals surface area contributed by atoms with Crippen LogP contribution in [0.15, 0.2) is 0 Å².